The molecule has 0 fully saturated rings. The van der Waals surface area contributed by atoms with Gasteiger partial charge in [0, 0.05) is 5.92 Å². The van der Waals surface area contributed by atoms with E-state index in [0.717, 1.165) is 5.56 Å². The molecule has 92 valence electrons. The second-order valence-electron chi connectivity index (χ2n) is 3.77. The number of rotatable bonds is 5. The van der Waals surface area contributed by atoms with Crippen molar-refractivity contribution in [2.75, 3.05) is 6.61 Å². The predicted molar refractivity (Wildman–Crippen MR) is 62.6 cm³/mol. The van der Waals surface area contributed by atoms with Crippen LogP contribution < -0.4 is 0 Å². The van der Waals surface area contributed by atoms with Crippen LogP contribution in [-0.4, -0.2) is 23.7 Å². The van der Waals surface area contributed by atoms with Gasteiger partial charge in [0.2, 0.25) is 0 Å². The molecule has 0 saturated heterocycles. The molecule has 0 radical (unpaired) electrons. The predicted octanol–water partition coefficient (Wildman–Crippen LogP) is 2.05. The third-order valence-electron chi connectivity index (χ3n) is 2.63. The van der Waals surface area contributed by atoms with E-state index in [0.29, 0.717) is 0 Å². The first-order valence-electron chi connectivity index (χ1n) is 5.52. The SMILES string of the molecule is CCOC(=O)C(C(=O)O)C(C)c1ccccc1. The van der Waals surface area contributed by atoms with E-state index in [9.17, 15) is 9.59 Å². The average molecular weight is 236 g/mol. The fraction of sp³-hybridized carbons (Fsp3) is 0.385. The molecule has 0 bridgehead atoms. The molecular formula is C13H16O4. The maximum absolute atomic E-state index is 11.6. The summed E-state index contributed by atoms with van der Waals surface area (Å²) in [5.74, 6) is -3.40. The third kappa shape index (κ3) is 3.31. The number of carboxylic acid groups (broad SMARTS) is 1. The van der Waals surface area contributed by atoms with Crippen molar-refractivity contribution >= 4 is 11.9 Å². The number of esters is 1. The second-order valence-corrected chi connectivity index (χ2v) is 3.77. The van der Waals surface area contributed by atoms with Crippen LogP contribution >= 0.6 is 0 Å². The van der Waals surface area contributed by atoms with Crippen molar-refractivity contribution in [3.05, 3.63) is 35.9 Å². The molecule has 0 spiro atoms. The van der Waals surface area contributed by atoms with Crippen molar-refractivity contribution in [2.45, 2.75) is 19.8 Å². The molecule has 0 aromatic heterocycles. The highest BCUT2D eigenvalue weighted by atomic mass is 16.5. The topological polar surface area (TPSA) is 63.6 Å². The number of hydrogen-bond acceptors (Lipinski definition) is 3. The molecule has 2 unspecified atom stereocenters. The first-order valence-corrected chi connectivity index (χ1v) is 5.52. The van der Waals surface area contributed by atoms with E-state index in [1.807, 2.05) is 18.2 Å². The number of hydrogen-bond donors (Lipinski definition) is 1. The van der Waals surface area contributed by atoms with Gasteiger partial charge in [-0.25, -0.2) is 0 Å². The lowest BCUT2D eigenvalue weighted by atomic mass is 9.87. The molecule has 0 heterocycles. The van der Waals surface area contributed by atoms with Gasteiger partial charge in [0.25, 0.3) is 0 Å². The number of carboxylic acids is 1. The fourth-order valence-electron chi connectivity index (χ4n) is 1.70. The molecule has 0 amide bonds. The average Bonchev–Trinajstić information content (AvgIpc) is 2.30. The van der Waals surface area contributed by atoms with Gasteiger partial charge in [0.15, 0.2) is 5.92 Å². The number of carbonyl (C=O) groups is 2. The summed E-state index contributed by atoms with van der Waals surface area (Å²) in [5.41, 5.74) is 0.813. The molecule has 4 nitrogen and oxygen atoms in total. The molecular weight excluding hydrogens is 220 g/mol. The smallest absolute Gasteiger partial charge is 0.320 e. The molecule has 1 aromatic carbocycles. The molecule has 0 aliphatic heterocycles. The number of ether oxygens (including phenoxy) is 1. The van der Waals surface area contributed by atoms with Gasteiger partial charge < -0.3 is 9.84 Å². The van der Waals surface area contributed by atoms with E-state index in [1.54, 1.807) is 26.0 Å². The van der Waals surface area contributed by atoms with Crippen LogP contribution in [0, 0.1) is 5.92 Å². The van der Waals surface area contributed by atoms with Crippen molar-refractivity contribution in [1.29, 1.82) is 0 Å². The van der Waals surface area contributed by atoms with Crippen molar-refractivity contribution in [3.63, 3.8) is 0 Å². The van der Waals surface area contributed by atoms with Gasteiger partial charge >= 0.3 is 11.9 Å². The van der Waals surface area contributed by atoms with Crippen molar-refractivity contribution in [3.8, 4) is 0 Å². The van der Waals surface area contributed by atoms with E-state index in [1.165, 1.54) is 0 Å². The summed E-state index contributed by atoms with van der Waals surface area (Å²) in [4.78, 5) is 22.7. The molecule has 4 heteroatoms. The zero-order valence-corrected chi connectivity index (χ0v) is 9.92. The van der Waals surface area contributed by atoms with Crippen LogP contribution in [0.25, 0.3) is 0 Å². The summed E-state index contributed by atoms with van der Waals surface area (Å²) >= 11 is 0. The molecule has 1 N–H and O–H groups in total. The lowest BCUT2D eigenvalue weighted by Gasteiger charge is -2.18. The Bertz CT molecular complexity index is 386. The molecule has 1 aromatic rings. The van der Waals surface area contributed by atoms with Gasteiger partial charge in [-0.05, 0) is 12.5 Å². The fourth-order valence-corrected chi connectivity index (χ4v) is 1.70. The summed E-state index contributed by atoms with van der Waals surface area (Å²) < 4.78 is 4.79. The minimum Gasteiger partial charge on any atom is -0.481 e. The maximum Gasteiger partial charge on any atom is 0.320 e. The standard InChI is InChI=1S/C13H16O4/c1-3-17-13(16)11(12(14)15)9(2)10-7-5-4-6-8-10/h4-9,11H,3H2,1-2H3,(H,14,15). The normalized spacial score (nSPS) is 13.8. The lowest BCUT2D eigenvalue weighted by Crippen LogP contribution is -2.30. The molecule has 2 atom stereocenters. The van der Waals surface area contributed by atoms with Gasteiger partial charge in [0.05, 0.1) is 6.61 Å². The summed E-state index contributed by atoms with van der Waals surface area (Å²) in [7, 11) is 0. The van der Waals surface area contributed by atoms with Gasteiger partial charge in [0.1, 0.15) is 0 Å². The van der Waals surface area contributed by atoms with Crippen LogP contribution in [0.5, 0.6) is 0 Å². The summed E-state index contributed by atoms with van der Waals surface area (Å²) in [6, 6.07) is 9.09. The van der Waals surface area contributed by atoms with Crippen LogP contribution in [0.1, 0.15) is 25.3 Å². The van der Waals surface area contributed by atoms with Crippen LogP contribution in [0.2, 0.25) is 0 Å². The Kier molecular flexibility index (Phi) is 4.69. The van der Waals surface area contributed by atoms with Crippen LogP contribution in [0.4, 0.5) is 0 Å². The Morgan fingerprint density at radius 1 is 1.29 bits per heavy atom. The van der Waals surface area contributed by atoms with Crippen molar-refractivity contribution in [1.82, 2.24) is 0 Å². The molecule has 0 aliphatic carbocycles. The zero-order valence-electron chi connectivity index (χ0n) is 9.92. The molecule has 0 saturated carbocycles. The third-order valence-corrected chi connectivity index (χ3v) is 2.63. The van der Waals surface area contributed by atoms with Crippen molar-refractivity contribution in [2.24, 2.45) is 5.92 Å². The number of aliphatic carboxylic acids is 1. The Labute approximate surface area is 100 Å². The first-order chi connectivity index (χ1) is 8.07. The van der Waals surface area contributed by atoms with E-state index in [4.69, 9.17) is 9.84 Å². The highest BCUT2D eigenvalue weighted by molar-refractivity contribution is 5.95. The summed E-state index contributed by atoms with van der Waals surface area (Å²) in [6.07, 6.45) is 0. The monoisotopic (exact) mass is 236 g/mol. The van der Waals surface area contributed by atoms with Crippen LogP contribution in [0.15, 0.2) is 30.3 Å². The van der Waals surface area contributed by atoms with Crippen molar-refractivity contribution < 1.29 is 19.4 Å². The van der Waals surface area contributed by atoms with Crippen LogP contribution in [-0.2, 0) is 14.3 Å². The summed E-state index contributed by atoms with van der Waals surface area (Å²) in [6.45, 7) is 3.55. The van der Waals surface area contributed by atoms with E-state index in [-0.39, 0.29) is 6.61 Å². The molecule has 0 aliphatic rings. The lowest BCUT2D eigenvalue weighted by molar-refractivity contribution is -0.159. The molecule has 17 heavy (non-hydrogen) atoms. The van der Waals surface area contributed by atoms with Gasteiger partial charge in [-0.1, -0.05) is 37.3 Å². The van der Waals surface area contributed by atoms with E-state index < -0.39 is 23.8 Å². The van der Waals surface area contributed by atoms with E-state index in [2.05, 4.69) is 0 Å². The number of benzene rings is 1. The second kappa shape index (κ2) is 6.03. The summed E-state index contributed by atoms with van der Waals surface area (Å²) in [5, 5.41) is 9.10. The maximum atomic E-state index is 11.6. The first kappa shape index (κ1) is 13.2. The largest absolute Gasteiger partial charge is 0.481 e. The molecule has 1 rings (SSSR count). The minimum atomic E-state index is -1.16. The minimum absolute atomic E-state index is 0.185. The van der Waals surface area contributed by atoms with Gasteiger partial charge in [-0.3, -0.25) is 9.59 Å². The Morgan fingerprint density at radius 2 is 1.88 bits per heavy atom. The zero-order chi connectivity index (χ0) is 12.8. The van der Waals surface area contributed by atoms with E-state index >= 15 is 0 Å². The Balaban J connectivity index is 2.92. The highest BCUT2D eigenvalue weighted by Crippen LogP contribution is 2.25. The van der Waals surface area contributed by atoms with Crippen LogP contribution in [0.3, 0.4) is 0 Å². The van der Waals surface area contributed by atoms with Gasteiger partial charge in [-0.15, -0.1) is 0 Å². The van der Waals surface area contributed by atoms with Gasteiger partial charge in [-0.2, -0.15) is 0 Å². The number of carbonyl (C=O) groups excluding carboxylic acids is 1. The quantitative estimate of drug-likeness (QED) is 0.627. The highest BCUT2D eigenvalue weighted by Gasteiger charge is 2.34. The Hall–Kier alpha value is -1.84. The Morgan fingerprint density at radius 3 is 2.35 bits per heavy atom.